The van der Waals surface area contributed by atoms with Crippen molar-refractivity contribution in [2.75, 3.05) is 0 Å². The fraction of sp³-hybridized carbons (Fsp3) is 0. The molecule has 3 heterocycles. The number of aromatic nitrogens is 4. The van der Waals surface area contributed by atoms with Crippen LogP contribution in [-0.2, 0) is 0 Å². The molecular weight excluding hydrogens is 620 g/mol. The van der Waals surface area contributed by atoms with E-state index >= 15 is 0 Å². The van der Waals surface area contributed by atoms with Crippen molar-refractivity contribution in [2.45, 2.75) is 0 Å². The monoisotopic (exact) mass is 646 g/mol. The summed E-state index contributed by atoms with van der Waals surface area (Å²) >= 11 is 6.47. The van der Waals surface area contributed by atoms with Gasteiger partial charge in [0.05, 0.1) is 33.3 Å². The molecule has 0 atom stereocenters. The van der Waals surface area contributed by atoms with Gasteiger partial charge in [0.1, 0.15) is 0 Å². The van der Waals surface area contributed by atoms with Crippen LogP contribution < -0.4 is 0 Å². The number of nitrogens with zero attached hydrogens (tertiary/aromatic N) is 4. The Morgan fingerprint density at radius 1 is 0.388 bits per heavy atom. The van der Waals surface area contributed by atoms with Gasteiger partial charge in [0, 0.05) is 43.2 Å². The van der Waals surface area contributed by atoms with Crippen LogP contribution in [0.25, 0.3) is 88.5 Å². The normalized spacial score (nSPS) is 11.8. The van der Waals surface area contributed by atoms with Gasteiger partial charge in [0.25, 0.3) is 0 Å². The van der Waals surface area contributed by atoms with E-state index in [4.69, 9.17) is 21.6 Å². The lowest BCUT2D eigenvalue weighted by atomic mass is 10.0. The van der Waals surface area contributed by atoms with Gasteiger partial charge in [0.2, 0.25) is 5.95 Å². The lowest BCUT2D eigenvalue weighted by Gasteiger charge is -2.12. The first-order chi connectivity index (χ1) is 24.2. The van der Waals surface area contributed by atoms with E-state index in [1.165, 1.54) is 27.4 Å². The van der Waals surface area contributed by atoms with E-state index in [9.17, 15) is 0 Å². The van der Waals surface area contributed by atoms with Gasteiger partial charge < -0.3 is 4.57 Å². The van der Waals surface area contributed by atoms with Crippen molar-refractivity contribution in [3.63, 3.8) is 0 Å². The van der Waals surface area contributed by atoms with Gasteiger partial charge in [-0.15, -0.1) is 0 Å². The van der Waals surface area contributed by atoms with Crippen molar-refractivity contribution in [3.8, 4) is 34.0 Å². The molecule has 0 fully saturated rings. The van der Waals surface area contributed by atoms with Gasteiger partial charge in [0.15, 0.2) is 0 Å². The van der Waals surface area contributed by atoms with Gasteiger partial charge in [-0.3, -0.25) is 4.57 Å². The molecule has 3 aromatic heterocycles. The molecule has 230 valence electrons. The highest BCUT2D eigenvalue weighted by atomic mass is 35.5. The molecule has 0 amide bonds. The SMILES string of the molecule is Clc1ccc2nc(-n3c4ccccc4c4cc(-c5ccc6c(c5)c5ccccc5n6-c5ccccc5)ccc43)nc(-c3ccccc3)c2c1. The van der Waals surface area contributed by atoms with Crippen LogP contribution in [0.1, 0.15) is 0 Å². The van der Waals surface area contributed by atoms with Crippen LogP contribution in [-0.4, -0.2) is 19.1 Å². The minimum Gasteiger partial charge on any atom is -0.309 e. The molecule has 0 aliphatic rings. The predicted molar refractivity (Wildman–Crippen MR) is 204 cm³/mol. The Kier molecular flexibility index (Phi) is 6.20. The summed E-state index contributed by atoms with van der Waals surface area (Å²) in [4.78, 5) is 10.3. The van der Waals surface area contributed by atoms with E-state index in [-0.39, 0.29) is 0 Å². The lowest BCUT2D eigenvalue weighted by molar-refractivity contribution is 1.01. The van der Waals surface area contributed by atoms with Crippen molar-refractivity contribution in [1.29, 1.82) is 0 Å². The number of fused-ring (bicyclic) bond motifs is 7. The number of halogens is 1. The summed E-state index contributed by atoms with van der Waals surface area (Å²) in [5.41, 5.74) is 10.7. The van der Waals surface area contributed by atoms with Crippen LogP contribution in [0.5, 0.6) is 0 Å². The van der Waals surface area contributed by atoms with Crippen LogP contribution in [0.15, 0.2) is 164 Å². The molecule has 0 bridgehead atoms. The molecule has 0 saturated carbocycles. The third kappa shape index (κ3) is 4.38. The van der Waals surface area contributed by atoms with Crippen LogP contribution >= 0.6 is 11.6 Å². The smallest absolute Gasteiger partial charge is 0.235 e. The molecule has 49 heavy (non-hydrogen) atoms. The molecule has 0 radical (unpaired) electrons. The average molecular weight is 647 g/mol. The summed E-state index contributed by atoms with van der Waals surface area (Å²) < 4.78 is 4.54. The highest BCUT2D eigenvalue weighted by molar-refractivity contribution is 6.31. The zero-order chi connectivity index (χ0) is 32.5. The molecular formula is C44H27ClN4. The number of para-hydroxylation sites is 3. The van der Waals surface area contributed by atoms with Gasteiger partial charge in [-0.2, -0.15) is 0 Å². The molecule has 10 aromatic rings. The molecule has 0 aliphatic heterocycles. The first-order valence-electron chi connectivity index (χ1n) is 16.4. The largest absolute Gasteiger partial charge is 0.309 e. The first-order valence-corrected chi connectivity index (χ1v) is 16.7. The van der Waals surface area contributed by atoms with E-state index in [0.717, 1.165) is 55.2 Å². The topological polar surface area (TPSA) is 35.6 Å². The third-order valence-corrected chi connectivity index (χ3v) is 9.82. The Hall–Kier alpha value is -6.23. The molecule has 0 saturated heterocycles. The maximum Gasteiger partial charge on any atom is 0.235 e. The number of hydrogen-bond donors (Lipinski definition) is 0. The first kappa shape index (κ1) is 27.8. The van der Waals surface area contributed by atoms with E-state index in [0.29, 0.717) is 11.0 Å². The van der Waals surface area contributed by atoms with Gasteiger partial charge in [-0.1, -0.05) is 109 Å². The summed E-state index contributed by atoms with van der Waals surface area (Å²) in [6, 6.07) is 57.4. The number of rotatable bonds is 4. The zero-order valence-electron chi connectivity index (χ0n) is 26.3. The summed E-state index contributed by atoms with van der Waals surface area (Å²) in [6.07, 6.45) is 0. The predicted octanol–water partition coefficient (Wildman–Crippen LogP) is 11.8. The van der Waals surface area contributed by atoms with E-state index in [1.54, 1.807) is 0 Å². The molecule has 0 aliphatic carbocycles. The van der Waals surface area contributed by atoms with Gasteiger partial charge in [-0.05, 0) is 77.9 Å². The Balaban J connectivity index is 1.18. The second kappa shape index (κ2) is 10.9. The summed E-state index contributed by atoms with van der Waals surface area (Å²) in [7, 11) is 0. The summed E-state index contributed by atoms with van der Waals surface area (Å²) in [5.74, 6) is 0.628. The van der Waals surface area contributed by atoms with Crippen LogP contribution in [0.2, 0.25) is 5.02 Å². The van der Waals surface area contributed by atoms with E-state index < -0.39 is 0 Å². The Labute approximate surface area is 287 Å². The molecule has 0 N–H and O–H groups in total. The minimum absolute atomic E-state index is 0.628. The molecule has 5 heteroatoms. The molecule has 4 nitrogen and oxygen atoms in total. The van der Waals surface area contributed by atoms with Crippen molar-refractivity contribution >= 4 is 66.1 Å². The lowest BCUT2D eigenvalue weighted by Crippen LogP contribution is -2.03. The Morgan fingerprint density at radius 2 is 0.939 bits per heavy atom. The summed E-state index contributed by atoms with van der Waals surface area (Å²) in [6.45, 7) is 0. The van der Waals surface area contributed by atoms with Gasteiger partial charge >= 0.3 is 0 Å². The maximum absolute atomic E-state index is 6.47. The van der Waals surface area contributed by atoms with E-state index in [1.807, 2.05) is 36.4 Å². The average Bonchev–Trinajstić information content (AvgIpc) is 3.67. The van der Waals surface area contributed by atoms with Crippen molar-refractivity contribution in [1.82, 2.24) is 19.1 Å². The second-order valence-corrected chi connectivity index (χ2v) is 12.8. The third-order valence-electron chi connectivity index (χ3n) is 9.59. The quantitative estimate of drug-likeness (QED) is 0.191. The Morgan fingerprint density at radius 3 is 1.61 bits per heavy atom. The molecule has 7 aromatic carbocycles. The summed E-state index contributed by atoms with van der Waals surface area (Å²) in [5, 5.41) is 6.37. The fourth-order valence-electron chi connectivity index (χ4n) is 7.38. The maximum atomic E-state index is 6.47. The van der Waals surface area contributed by atoms with Gasteiger partial charge in [-0.25, -0.2) is 9.97 Å². The highest BCUT2D eigenvalue weighted by Crippen LogP contribution is 2.38. The van der Waals surface area contributed by atoms with Crippen molar-refractivity contribution < 1.29 is 0 Å². The second-order valence-electron chi connectivity index (χ2n) is 12.4. The van der Waals surface area contributed by atoms with Crippen molar-refractivity contribution in [3.05, 3.63) is 169 Å². The van der Waals surface area contributed by atoms with Crippen molar-refractivity contribution in [2.24, 2.45) is 0 Å². The number of hydrogen-bond acceptors (Lipinski definition) is 2. The zero-order valence-corrected chi connectivity index (χ0v) is 27.0. The molecule has 0 spiro atoms. The molecule has 0 unspecified atom stereocenters. The fourth-order valence-corrected chi connectivity index (χ4v) is 7.55. The Bertz CT molecular complexity index is 2890. The van der Waals surface area contributed by atoms with Crippen LogP contribution in [0, 0.1) is 0 Å². The highest BCUT2D eigenvalue weighted by Gasteiger charge is 2.19. The van der Waals surface area contributed by atoms with Crippen LogP contribution in [0.3, 0.4) is 0 Å². The number of benzene rings is 7. The van der Waals surface area contributed by atoms with E-state index in [2.05, 4.69) is 137 Å². The molecule has 10 rings (SSSR count). The standard InChI is InChI=1S/C44H27ClN4/c45-31-21-22-38-37(27-31)43(28-11-3-1-4-12-28)47-44(46-38)49-40-18-10-8-16-34(40)36-26-30(20-24-42(36)49)29-19-23-41-35(25-29)33-15-7-9-17-39(33)48(41)32-13-5-2-6-14-32/h1-27H. The minimum atomic E-state index is 0.628. The van der Waals surface area contributed by atoms with Crippen LogP contribution in [0.4, 0.5) is 0 Å².